The Labute approximate surface area is 169 Å². The molecule has 0 amide bonds. The third kappa shape index (κ3) is 5.36. The zero-order chi connectivity index (χ0) is 18.1. The van der Waals surface area contributed by atoms with Gasteiger partial charge < -0.3 is 4.90 Å². The zero-order valence-electron chi connectivity index (χ0n) is 14.6. The second-order valence-corrected chi connectivity index (χ2v) is 8.39. The Morgan fingerprint density at radius 1 is 1.11 bits per heavy atom. The molecular formula is C15H23Cl2F3N4O2S. The number of alkyl halides is 3. The van der Waals surface area contributed by atoms with Crippen LogP contribution in [0.5, 0.6) is 0 Å². The largest absolute Gasteiger partial charge is 0.511 e. The van der Waals surface area contributed by atoms with Gasteiger partial charge in [-0.25, -0.2) is 18.4 Å². The SMILES string of the molecule is Cl.Cl.O=S(=O)(N1CCC(CCN2CC=NC3=C2CCC=N3)CC1)C(F)(F)F. The number of nitrogens with zero attached hydrogens (tertiary/aromatic N) is 4. The van der Waals surface area contributed by atoms with Crippen molar-refractivity contribution in [1.82, 2.24) is 9.21 Å². The highest BCUT2D eigenvalue weighted by atomic mass is 35.5. The minimum Gasteiger partial charge on any atom is -0.367 e. The molecule has 0 radical (unpaired) electrons. The van der Waals surface area contributed by atoms with Crippen molar-refractivity contribution < 1.29 is 21.6 Å². The average molecular weight is 451 g/mol. The number of aliphatic imine (C=N–C) groups is 2. The molecule has 0 atom stereocenters. The molecule has 0 saturated carbocycles. The van der Waals surface area contributed by atoms with Crippen LogP contribution in [0.3, 0.4) is 0 Å². The third-order valence-corrected chi connectivity index (χ3v) is 6.52. The van der Waals surface area contributed by atoms with E-state index < -0.39 is 15.5 Å². The predicted octanol–water partition coefficient (Wildman–Crippen LogP) is 3.20. The summed E-state index contributed by atoms with van der Waals surface area (Å²) in [4.78, 5) is 10.8. The monoisotopic (exact) mass is 450 g/mol. The van der Waals surface area contributed by atoms with Gasteiger partial charge in [-0.3, -0.25) is 0 Å². The van der Waals surface area contributed by atoms with Gasteiger partial charge in [0, 0.05) is 32.1 Å². The maximum Gasteiger partial charge on any atom is 0.511 e. The van der Waals surface area contributed by atoms with Crippen LogP contribution >= 0.6 is 24.8 Å². The molecule has 0 aromatic rings. The van der Waals surface area contributed by atoms with Crippen LogP contribution in [0.25, 0.3) is 0 Å². The molecule has 12 heteroatoms. The van der Waals surface area contributed by atoms with Crippen LogP contribution in [0.15, 0.2) is 21.5 Å². The topological polar surface area (TPSA) is 65.3 Å². The number of hydrogen-bond acceptors (Lipinski definition) is 5. The van der Waals surface area contributed by atoms with Gasteiger partial charge in [-0.2, -0.15) is 17.5 Å². The first-order valence-electron chi connectivity index (χ1n) is 8.38. The number of halogens is 5. The van der Waals surface area contributed by atoms with E-state index in [9.17, 15) is 21.6 Å². The van der Waals surface area contributed by atoms with E-state index in [-0.39, 0.29) is 43.8 Å². The predicted molar refractivity (Wildman–Crippen MR) is 103 cm³/mol. The Morgan fingerprint density at radius 3 is 2.37 bits per heavy atom. The Bertz CT molecular complexity index is 698. The Balaban J connectivity index is 0.00000182. The third-order valence-electron chi connectivity index (χ3n) is 4.89. The van der Waals surface area contributed by atoms with Crippen LogP contribution in [-0.4, -0.2) is 61.7 Å². The molecule has 0 aromatic heterocycles. The fourth-order valence-electron chi connectivity index (χ4n) is 3.43. The molecule has 1 fully saturated rings. The molecule has 3 rings (SSSR count). The average Bonchev–Trinajstić information content (AvgIpc) is 2.59. The summed E-state index contributed by atoms with van der Waals surface area (Å²) in [6.45, 7) is 1.38. The van der Waals surface area contributed by atoms with Crippen LogP contribution < -0.4 is 0 Å². The van der Waals surface area contributed by atoms with E-state index in [1.807, 2.05) is 12.4 Å². The van der Waals surface area contributed by atoms with E-state index in [1.165, 1.54) is 0 Å². The van der Waals surface area contributed by atoms with Gasteiger partial charge in [-0.15, -0.1) is 24.8 Å². The highest BCUT2D eigenvalue weighted by Crippen LogP contribution is 2.32. The van der Waals surface area contributed by atoms with Gasteiger partial charge in [0.05, 0.1) is 12.2 Å². The Morgan fingerprint density at radius 2 is 1.74 bits per heavy atom. The number of sulfonamides is 1. The van der Waals surface area contributed by atoms with E-state index in [0.717, 1.165) is 43.9 Å². The van der Waals surface area contributed by atoms with E-state index in [2.05, 4.69) is 14.9 Å². The first kappa shape index (κ1) is 24.2. The summed E-state index contributed by atoms with van der Waals surface area (Å²) in [6.07, 6.45) is 7.21. The summed E-state index contributed by atoms with van der Waals surface area (Å²) >= 11 is 0. The van der Waals surface area contributed by atoms with Crippen LogP contribution in [-0.2, 0) is 10.0 Å². The highest BCUT2D eigenvalue weighted by Gasteiger charge is 2.50. The lowest BCUT2D eigenvalue weighted by Crippen LogP contribution is -2.45. The van der Waals surface area contributed by atoms with Crippen LogP contribution in [0.2, 0.25) is 0 Å². The van der Waals surface area contributed by atoms with E-state index in [4.69, 9.17) is 0 Å². The minimum absolute atomic E-state index is 0. The molecule has 3 heterocycles. The summed E-state index contributed by atoms with van der Waals surface area (Å²) < 4.78 is 61.2. The molecule has 0 unspecified atom stereocenters. The summed E-state index contributed by atoms with van der Waals surface area (Å²) in [5, 5.41) is 0. The number of hydrogen-bond donors (Lipinski definition) is 0. The van der Waals surface area contributed by atoms with Gasteiger partial charge in [-0.1, -0.05) is 0 Å². The van der Waals surface area contributed by atoms with Crippen LogP contribution in [0.4, 0.5) is 13.2 Å². The lowest BCUT2D eigenvalue weighted by atomic mass is 9.94. The Hall–Kier alpha value is -0.840. The molecule has 1 saturated heterocycles. The van der Waals surface area contributed by atoms with Gasteiger partial charge in [-0.05, 0) is 38.0 Å². The summed E-state index contributed by atoms with van der Waals surface area (Å²) in [6, 6.07) is 0. The molecule has 0 N–H and O–H groups in total. The van der Waals surface area contributed by atoms with Crippen molar-refractivity contribution in [3.63, 3.8) is 0 Å². The lowest BCUT2D eigenvalue weighted by Gasteiger charge is -2.34. The van der Waals surface area contributed by atoms with Crippen molar-refractivity contribution in [3.8, 4) is 0 Å². The molecule has 6 nitrogen and oxygen atoms in total. The van der Waals surface area contributed by atoms with Gasteiger partial charge in [0.2, 0.25) is 0 Å². The van der Waals surface area contributed by atoms with Crippen LogP contribution in [0, 0.1) is 5.92 Å². The van der Waals surface area contributed by atoms with Crippen molar-refractivity contribution in [2.75, 3.05) is 26.2 Å². The Kier molecular flexibility index (Phi) is 8.58. The second kappa shape index (κ2) is 9.58. The maximum atomic E-state index is 12.6. The van der Waals surface area contributed by atoms with Gasteiger partial charge >= 0.3 is 15.5 Å². The molecule has 27 heavy (non-hydrogen) atoms. The molecule has 0 bridgehead atoms. The standard InChI is InChI=1S/C15H21F3N4O2S.2ClH/c16-15(17,18)25(23,24)22-9-4-12(5-10-22)3-8-21-11-7-20-14-13(21)2-1-6-19-14;;/h6-7,12H,1-5,8-11H2;2*1H. The number of allylic oxidation sites excluding steroid dienone is 1. The highest BCUT2D eigenvalue weighted by molar-refractivity contribution is 7.90. The zero-order valence-corrected chi connectivity index (χ0v) is 17.0. The summed E-state index contributed by atoms with van der Waals surface area (Å²) in [5.74, 6) is 0.985. The van der Waals surface area contributed by atoms with Crippen molar-refractivity contribution >= 4 is 47.3 Å². The van der Waals surface area contributed by atoms with Crippen molar-refractivity contribution in [3.05, 3.63) is 11.5 Å². The summed E-state index contributed by atoms with van der Waals surface area (Å²) in [5.41, 5.74) is -4.08. The van der Waals surface area contributed by atoms with Crippen molar-refractivity contribution in [1.29, 1.82) is 0 Å². The summed E-state index contributed by atoms with van der Waals surface area (Å²) in [7, 11) is -5.19. The normalized spacial score (nSPS) is 21.5. The number of piperidine rings is 1. The molecule has 0 aliphatic carbocycles. The smallest absolute Gasteiger partial charge is 0.367 e. The molecule has 156 valence electrons. The molecule has 3 aliphatic heterocycles. The van der Waals surface area contributed by atoms with Gasteiger partial charge in [0.25, 0.3) is 0 Å². The van der Waals surface area contributed by atoms with Gasteiger partial charge in [0.1, 0.15) is 0 Å². The first-order valence-corrected chi connectivity index (χ1v) is 9.82. The van der Waals surface area contributed by atoms with E-state index >= 15 is 0 Å². The quantitative estimate of drug-likeness (QED) is 0.660. The first-order chi connectivity index (χ1) is 11.8. The van der Waals surface area contributed by atoms with Crippen LogP contribution in [0.1, 0.15) is 32.1 Å². The molecule has 0 aromatic carbocycles. The van der Waals surface area contributed by atoms with E-state index in [1.54, 1.807) is 0 Å². The second-order valence-electron chi connectivity index (χ2n) is 6.46. The molecule has 3 aliphatic rings. The molecular weight excluding hydrogens is 428 g/mol. The van der Waals surface area contributed by atoms with Crippen molar-refractivity contribution in [2.45, 2.75) is 37.6 Å². The number of rotatable bonds is 4. The van der Waals surface area contributed by atoms with Gasteiger partial charge in [0.15, 0.2) is 5.82 Å². The lowest BCUT2D eigenvalue weighted by molar-refractivity contribution is -0.0497. The fourth-order valence-corrected chi connectivity index (χ4v) is 4.42. The van der Waals surface area contributed by atoms with Crippen molar-refractivity contribution in [2.24, 2.45) is 15.9 Å². The maximum absolute atomic E-state index is 12.6. The van der Waals surface area contributed by atoms with E-state index in [0.29, 0.717) is 17.1 Å². The fraction of sp³-hybridized carbons (Fsp3) is 0.733. The molecule has 0 spiro atoms. The minimum atomic E-state index is -5.21.